The predicted molar refractivity (Wildman–Crippen MR) is 69.0 cm³/mol. The van der Waals surface area contributed by atoms with Crippen molar-refractivity contribution < 1.29 is 19.4 Å². The monoisotopic (exact) mass is 256 g/mol. The Kier molecular flexibility index (Phi) is 2.63. The topological polar surface area (TPSA) is 55.8 Å². The number of carboxylic acids is 1. The molecule has 0 saturated heterocycles. The summed E-state index contributed by atoms with van der Waals surface area (Å²) in [4.78, 5) is 11.6. The van der Waals surface area contributed by atoms with Crippen LogP contribution < -0.4 is 9.47 Å². The lowest BCUT2D eigenvalue weighted by atomic mass is 9.87. The van der Waals surface area contributed by atoms with Crippen molar-refractivity contribution in [1.29, 1.82) is 0 Å². The van der Waals surface area contributed by atoms with Crippen molar-refractivity contribution in [3.63, 3.8) is 0 Å². The molecule has 0 amide bonds. The van der Waals surface area contributed by atoms with Gasteiger partial charge in [-0.15, -0.1) is 0 Å². The first-order valence-electron chi connectivity index (χ1n) is 5.89. The van der Waals surface area contributed by atoms with Crippen molar-refractivity contribution in [3.8, 4) is 17.2 Å². The van der Waals surface area contributed by atoms with Crippen LogP contribution in [0.3, 0.4) is 0 Å². The first-order chi connectivity index (χ1) is 9.22. The fourth-order valence-electron chi connectivity index (χ4n) is 2.42. The van der Waals surface area contributed by atoms with E-state index in [1.54, 1.807) is 36.4 Å². The van der Waals surface area contributed by atoms with Crippen molar-refractivity contribution in [2.75, 3.05) is 7.11 Å². The second-order valence-electron chi connectivity index (χ2n) is 4.28. The average molecular weight is 256 g/mol. The number of methoxy groups -OCH3 is 1. The molecule has 2 aromatic carbocycles. The summed E-state index contributed by atoms with van der Waals surface area (Å²) in [7, 11) is 1.52. The van der Waals surface area contributed by atoms with E-state index in [0.29, 0.717) is 28.4 Å². The molecule has 4 nitrogen and oxygen atoms in total. The van der Waals surface area contributed by atoms with Crippen LogP contribution in [-0.2, 0) is 4.79 Å². The summed E-state index contributed by atoms with van der Waals surface area (Å²) in [6.07, 6.45) is 0. The molecule has 0 radical (unpaired) electrons. The Morgan fingerprint density at radius 1 is 1.16 bits per heavy atom. The number of fused-ring (bicyclic) bond motifs is 2. The maximum absolute atomic E-state index is 11.6. The highest BCUT2D eigenvalue weighted by Crippen LogP contribution is 2.47. The Bertz CT molecular complexity index is 648. The number of carbonyl (C=O) groups is 1. The Morgan fingerprint density at radius 3 is 2.63 bits per heavy atom. The summed E-state index contributed by atoms with van der Waals surface area (Å²) in [6.45, 7) is 0. The number of para-hydroxylation sites is 1. The lowest BCUT2D eigenvalue weighted by Crippen LogP contribution is -2.19. The first-order valence-corrected chi connectivity index (χ1v) is 5.89. The van der Waals surface area contributed by atoms with Crippen LogP contribution in [0.15, 0.2) is 42.5 Å². The van der Waals surface area contributed by atoms with Gasteiger partial charge in [0.05, 0.1) is 12.7 Å². The standard InChI is InChI=1S/C15H12O4/c1-18-11-7-4-8-12-14(11)13(15(16)17)9-5-2-3-6-10(9)19-12/h2-8,13H,1H3,(H,16,17)/t13-/m1/s1. The molecule has 3 rings (SSSR count). The highest BCUT2D eigenvalue weighted by atomic mass is 16.5. The maximum Gasteiger partial charge on any atom is 0.315 e. The van der Waals surface area contributed by atoms with Gasteiger partial charge in [0.1, 0.15) is 23.2 Å². The minimum atomic E-state index is -0.915. The van der Waals surface area contributed by atoms with Crippen LogP contribution in [0, 0.1) is 0 Å². The number of carboxylic acid groups (broad SMARTS) is 1. The van der Waals surface area contributed by atoms with E-state index in [1.807, 2.05) is 6.07 Å². The molecule has 0 saturated carbocycles. The number of hydrogen-bond acceptors (Lipinski definition) is 3. The molecule has 1 atom stereocenters. The number of ether oxygens (including phenoxy) is 2. The minimum Gasteiger partial charge on any atom is -0.496 e. The van der Waals surface area contributed by atoms with Gasteiger partial charge >= 0.3 is 5.97 Å². The average Bonchev–Trinajstić information content (AvgIpc) is 2.43. The van der Waals surface area contributed by atoms with Gasteiger partial charge in [-0.3, -0.25) is 4.79 Å². The third kappa shape index (κ3) is 1.73. The van der Waals surface area contributed by atoms with Gasteiger partial charge in [0.2, 0.25) is 0 Å². The molecule has 0 aromatic heterocycles. The van der Waals surface area contributed by atoms with Crippen LogP contribution in [-0.4, -0.2) is 18.2 Å². The van der Waals surface area contributed by atoms with Crippen LogP contribution >= 0.6 is 0 Å². The van der Waals surface area contributed by atoms with Crippen molar-refractivity contribution in [1.82, 2.24) is 0 Å². The highest BCUT2D eigenvalue weighted by molar-refractivity contribution is 5.85. The molecule has 1 aliphatic heterocycles. The molecule has 1 heterocycles. The zero-order valence-corrected chi connectivity index (χ0v) is 10.3. The largest absolute Gasteiger partial charge is 0.496 e. The zero-order chi connectivity index (χ0) is 13.4. The number of benzene rings is 2. The van der Waals surface area contributed by atoms with E-state index in [2.05, 4.69) is 0 Å². The molecule has 0 spiro atoms. The van der Waals surface area contributed by atoms with Gasteiger partial charge < -0.3 is 14.6 Å². The summed E-state index contributed by atoms with van der Waals surface area (Å²) >= 11 is 0. The van der Waals surface area contributed by atoms with Crippen molar-refractivity contribution in [2.24, 2.45) is 0 Å². The Morgan fingerprint density at radius 2 is 1.89 bits per heavy atom. The van der Waals surface area contributed by atoms with Gasteiger partial charge in [0.15, 0.2) is 0 Å². The van der Waals surface area contributed by atoms with Gasteiger partial charge in [-0.2, -0.15) is 0 Å². The fourth-order valence-corrected chi connectivity index (χ4v) is 2.42. The van der Waals surface area contributed by atoms with Crippen LogP contribution in [0.4, 0.5) is 0 Å². The molecule has 0 aliphatic carbocycles. The molecule has 2 aromatic rings. The highest BCUT2D eigenvalue weighted by Gasteiger charge is 2.34. The third-order valence-corrected chi connectivity index (χ3v) is 3.23. The maximum atomic E-state index is 11.6. The Balaban J connectivity index is 2.27. The second-order valence-corrected chi connectivity index (χ2v) is 4.28. The van der Waals surface area contributed by atoms with Crippen LogP contribution in [0.25, 0.3) is 0 Å². The summed E-state index contributed by atoms with van der Waals surface area (Å²) in [5.74, 6) is -0.0434. The van der Waals surface area contributed by atoms with E-state index in [-0.39, 0.29) is 0 Å². The first kappa shape index (κ1) is 11.6. The molecule has 1 N–H and O–H groups in total. The summed E-state index contributed by atoms with van der Waals surface area (Å²) < 4.78 is 11.0. The lowest BCUT2D eigenvalue weighted by molar-refractivity contribution is -0.137. The van der Waals surface area contributed by atoms with Crippen LogP contribution in [0.5, 0.6) is 17.2 Å². The van der Waals surface area contributed by atoms with Gasteiger partial charge in [-0.05, 0) is 18.2 Å². The normalized spacial score (nSPS) is 15.9. The summed E-state index contributed by atoms with van der Waals surface area (Å²) in [5.41, 5.74) is 1.21. The molecule has 4 heteroatoms. The van der Waals surface area contributed by atoms with E-state index in [1.165, 1.54) is 7.11 Å². The fraction of sp³-hybridized carbons (Fsp3) is 0.133. The molecule has 96 valence electrons. The third-order valence-electron chi connectivity index (χ3n) is 3.23. The quantitative estimate of drug-likeness (QED) is 0.897. The van der Waals surface area contributed by atoms with E-state index in [9.17, 15) is 9.90 Å². The molecule has 0 unspecified atom stereocenters. The SMILES string of the molecule is COc1cccc2c1[C@H](C(=O)O)c1ccccc1O2. The molecule has 0 fully saturated rings. The lowest BCUT2D eigenvalue weighted by Gasteiger charge is -2.26. The summed E-state index contributed by atoms with van der Waals surface area (Å²) in [6, 6.07) is 12.4. The number of hydrogen-bond donors (Lipinski definition) is 1. The van der Waals surface area contributed by atoms with E-state index < -0.39 is 11.9 Å². The van der Waals surface area contributed by atoms with Gasteiger partial charge in [0.25, 0.3) is 0 Å². The summed E-state index contributed by atoms with van der Waals surface area (Å²) in [5, 5.41) is 9.54. The van der Waals surface area contributed by atoms with Gasteiger partial charge in [-0.25, -0.2) is 0 Å². The van der Waals surface area contributed by atoms with Crippen LogP contribution in [0.1, 0.15) is 17.0 Å². The minimum absolute atomic E-state index is 0.527. The molecule has 0 bridgehead atoms. The molecule has 19 heavy (non-hydrogen) atoms. The van der Waals surface area contributed by atoms with Crippen molar-refractivity contribution in [3.05, 3.63) is 53.6 Å². The smallest absolute Gasteiger partial charge is 0.315 e. The molecule has 1 aliphatic rings. The predicted octanol–water partition coefficient (Wildman–Crippen LogP) is 3.02. The zero-order valence-electron chi connectivity index (χ0n) is 10.3. The second kappa shape index (κ2) is 4.31. The van der Waals surface area contributed by atoms with E-state index in [0.717, 1.165) is 0 Å². The van der Waals surface area contributed by atoms with Crippen molar-refractivity contribution >= 4 is 5.97 Å². The molecular weight excluding hydrogens is 244 g/mol. The van der Waals surface area contributed by atoms with Crippen LogP contribution in [0.2, 0.25) is 0 Å². The van der Waals surface area contributed by atoms with Crippen molar-refractivity contribution in [2.45, 2.75) is 5.92 Å². The Labute approximate surface area is 110 Å². The number of rotatable bonds is 2. The Hall–Kier alpha value is -2.49. The number of aliphatic carboxylic acids is 1. The molecular formula is C15H12O4. The van der Waals surface area contributed by atoms with Gasteiger partial charge in [-0.1, -0.05) is 24.3 Å². The van der Waals surface area contributed by atoms with E-state index in [4.69, 9.17) is 9.47 Å². The van der Waals surface area contributed by atoms with Gasteiger partial charge in [0, 0.05) is 5.56 Å². The van der Waals surface area contributed by atoms with E-state index >= 15 is 0 Å².